The Bertz CT molecular complexity index is 225. The molecule has 1 heterocycles. The second-order valence-electron chi connectivity index (χ2n) is 2.07. The first-order chi connectivity index (χ1) is 4.70. The van der Waals surface area contributed by atoms with Gasteiger partial charge >= 0.3 is 0 Å². The van der Waals surface area contributed by atoms with Crippen LogP contribution in [-0.2, 0) is 0 Å². The van der Waals surface area contributed by atoms with E-state index in [-0.39, 0.29) is 0 Å². The summed E-state index contributed by atoms with van der Waals surface area (Å²) in [4.78, 5) is 3.90. The van der Waals surface area contributed by atoms with Crippen LogP contribution in [-0.4, -0.2) is 10.1 Å². The van der Waals surface area contributed by atoms with Gasteiger partial charge in [0.25, 0.3) is 0 Å². The molecular weight excluding hydrogens is 150 g/mol. The van der Waals surface area contributed by atoms with E-state index in [1.165, 1.54) is 0 Å². The van der Waals surface area contributed by atoms with Crippen molar-refractivity contribution in [2.45, 2.75) is 13.0 Å². The predicted octanol–water partition coefficient (Wildman–Crippen LogP) is 1.79. The van der Waals surface area contributed by atoms with E-state index in [0.29, 0.717) is 10.7 Å². The largest absolute Gasteiger partial charge is 0.387 e. The molecule has 1 unspecified atom stereocenters. The van der Waals surface area contributed by atoms with E-state index in [9.17, 15) is 0 Å². The normalized spacial score (nSPS) is 13.1. The van der Waals surface area contributed by atoms with Gasteiger partial charge in [-0.15, -0.1) is 0 Å². The molecule has 1 aromatic heterocycles. The molecule has 54 valence electrons. The molecule has 0 aliphatic heterocycles. The zero-order valence-electron chi connectivity index (χ0n) is 5.58. The molecule has 3 heteroatoms. The van der Waals surface area contributed by atoms with Crippen LogP contribution in [0.2, 0.25) is 5.02 Å². The van der Waals surface area contributed by atoms with E-state index in [2.05, 4.69) is 4.98 Å². The minimum absolute atomic E-state index is 0.543. The van der Waals surface area contributed by atoms with Gasteiger partial charge in [-0.3, -0.25) is 4.98 Å². The van der Waals surface area contributed by atoms with Gasteiger partial charge in [-0.1, -0.05) is 11.6 Å². The Morgan fingerprint density at radius 1 is 1.70 bits per heavy atom. The number of aliphatic hydroxyl groups excluding tert-OH is 1. The number of pyridine rings is 1. The quantitative estimate of drug-likeness (QED) is 0.674. The topological polar surface area (TPSA) is 33.1 Å². The Balaban J connectivity index is 2.96. The summed E-state index contributed by atoms with van der Waals surface area (Å²) in [7, 11) is 0. The first-order valence-electron chi connectivity index (χ1n) is 2.99. The molecule has 1 atom stereocenters. The SMILES string of the molecule is CC(O)c1cc(Cl)ccn1. The maximum atomic E-state index is 9.03. The summed E-state index contributed by atoms with van der Waals surface area (Å²) < 4.78 is 0. The van der Waals surface area contributed by atoms with Gasteiger partial charge in [-0.25, -0.2) is 0 Å². The molecule has 0 bridgehead atoms. The Kier molecular flexibility index (Phi) is 2.25. The predicted molar refractivity (Wildman–Crippen MR) is 39.9 cm³/mol. The number of nitrogens with zero attached hydrogens (tertiary/aromatic N) is 1. The molecule has 1 aromatic rings. The molecule has 0 aliphatic rings. The Labute approximate surface area is 64.5 Å². The summed E-state index contributed by atoms with van der Waals surface area (Å²) in [5.41, 5.74) is 0.604. The van der Waals surface area contributed by atoms with Gasteiger partial charge in [0.1, 0.15) is 0 Å². The van der Waals surface area contributed by atoms with Crippen molar-refractivity contribution in [3.8, 4) is 0 Å². The third kappa shape index (κ3) is 1.69. The molecule has 0 aromatic carbocycles. The van der Waals surface area contributed by atoms with E-state index in [1.807, 2.05) is 0 Å². The molecule has 1 N–H and O–H groups in total. The number of aliphatic hydroxyl groups is 1. The third-order valence-electron chi connectivity index (χ3n) is 1.17. The molecule has 0 fully saturated rings. The summed E-state index contributed by atoms with van der Waals surface area (Å²) in [5, 5.41) is 9.63. The maximum absolute atomic E-state index is 9.03. The minimum Gasteiger partial charge on any atom is -0.387 e. The Morgan fingerprint density at radius 3 is 2.80 bits per heavy atom. The molecule has 0 radical (unpaired) electrons. The van der Waals surface area contributed by atoms with Gasteiger partial charge in [-0.05, 0) is 19.1 Å². The van der Waals surface area contributed by atoms with Gasteiger partial charge in [0.05, 0.1) is 11.8 Å². The molecule has 0 amide bonds. The van der Waals surface area contributed by atoms with Gasteiger partial charge < -0.3 is 5.11 Å². The summed E-state index contributed by atoms with van der Waals surface area (Å²) in [6.45, 7) is 1.65. The fourth-order valence-electron chi connectivity index (χ4n) is 0.650. The summed E-state index contributed by atoms with van der Waals surface area (Å²) in [6.07, 6.45) is 1.03. The average molecular weight is 158 g/mol. The van der Waals surface area contributed by atoms with Crippen molar-refractivity contribution in [1.82, 2.24) is 4.98 Å². The van der Waals surface area contributed by atoms with E-state index < -0.39 is 6.10 Å². The smallest absolute Gasteiger partial charge is 0.0932 e. The van der Waals surface area contributed by atoms with Crippen molar-refractivity contribution in [2.75, 3.05) is 0 Å². The molecule has 0 saturated heterocycles. The van der Waals surface area contributed by atoms with Crippen LogP contribution in [0, 0.1) is 0 Å². The number of hydrogen-bond donors (Lipinski definition) is 1. The van der Waals surface area contributed by atoms with Gasteiger partial charge in [-0.2, -0.15) is 0 Å². The van der Waals surface area contributed by atoms with Crippen LogP contribution in [0.25, 0.3) is 0 Å². The number of aromatic nitrogens is 1. The van der Waals surface area contributed by atoms with E-state index >= 15 is 0 Å². The van der Waals surface area contributed by atoms with Crippen LogP contribution in [0.15, 0.2) is 18.3 Å². The van der Waals surface area contributed by atoms with Gasteiger partial charge in [0.15, 0.2) is 0 Å². The molecule has 0 aliphatic carbocycles. The van der Waals surface area contributed by atoms with Crippen molar-refractivity contribution >= 4 is 11.6 Å². The molecule has 10 heavy (non-hydrogen) atoms. The fraction of sp³-hybridized carbons (Fsp3) is 0.286. The first kappa shape index (κ1) is 7.51. The Morgan fingerprint density at radius 2 is 2.40 bits per heavy atom. The molecule has 0 saturated carbocycles. The van der Waals surface area contributed by atoms with Crippen molar-refractivity contribution in [2.24, 2.45) is 0 Å². The zero-order valence-corrected chi connectivity index (χ0v) is 6.34. The lowest BCUT2D eigenvalue weighted by molar-refractivity contribution is 0.194. The number of halogens is 1. The monoisotopic (exact) mass is 157 g/mol. The third-order valence-corrected chi connectivity index (χ3v) is 1.41. The molecule has 1 rings (SSSR count). The highest BCUT2D eigenvalue weighted by molar-refractivity contribution is 6.30. The summed E-state index contributed by atoms with van der Waals surface area (Å²) in [5.74, 6) is 0. The standard InChI is InChI=1S/C7H8ClNO/c1-5(10)7-4-6(8)2-3-9-7/h2-5,10H,1H3. The lowest BCUT2D eigenvalue weighted by Gasteiger charge is -2.01. The minimum atomic E-state index is -0.543. The van der Waals surface area contributed by atoms with E-state index in [0.717, 1.165) is 0 Å². The van der Waals surface area contributed by atoms with E-state index in [1.54, 1.807) is 25.3 Å². The van der Waals surface area contributed by atoms with Crippen LogP contribution in [0.3, 0.4) is 0 Å². The van der Waals surface area contributed by atoms with E-state index in [4.69, 9.17) is 16.7 Å². The van der Waals surface area contributed by atoms with Crippen molar-refractivity contribution in [1.29, 1.82) is 0 Å². The van der Waals surface area contributed by atoms with Crippen LogP contribution < -0.4 is 0 Å². The highest BCUT2D eigenvalue weighted by atomic mass is 35.5. The van der Waals surface area contributed by atoms with Crippen molar-refractivity contribution < 1.29 is 5.11 Å². The lowest BCUT2D eigenvalue weighted by atomic mass is 10.2. The first-order valence-corrected chi connectivity index (χ1v) is 3.37. The van der Waals surface area contributed by atoms with Crippen molar-refractivity contribution in [3.63, 3.8) is 0 Å². The van der Waals surface area contributed by atoms with Crippen LogP contribution >= 0.6 is 11.6 Å². The lowest BCUT2D eigenvalue weighted by Crippen LogP contribution is -1.93. The van der Waals surface area contributed by atoms with Gasteiger partial charge in [0.2, 0.25) is 0 Å². The van der Waals surface area contributed by atoms with Crippen LogP contribution in [0.1, 0.15) is 18.7 Å². The maximum Gasteiger partial charge on any atom is 0.0932 e. The van der Waals surface area contributed by atoms with Crippen LogP contribution in [0.5, 0.6) is 0 Å². The highest BCUT2D eigenvalue weighted by Gasteiger charge is 2.00. The van der Waals surface area contributed by atoms with Crippen LogP contribution in [0.4, 0.5) is 0 Å². The summed E-state index contributed by atoms with van der Waals surface area (Å²) >= 11 is 5.64. The molecule has 0 spiro atoms. The highest BCUT2D eigenvalue weighted by Crippen LogP contribution is 2.13. The number of hydrogen-bond acceptors (Lipinski definition) is 2. The molecular formula is C7H8ClNO. The second-order valence-corrected chi connectivity index (χ2v) is 2.51. The fourth-order valence-corrected chi connectivity index (χ4v) is 0.818. The van der Waals surface area contributed by atoms with Gasteiger partial charge in [0, 0.05) is 11.2 Å². The Hall–Kier alpha value is -0.600. The molecule has 2 nitrogen and oxygen atoms in total. The van der Waals surface area contributed by atoms with Crippen molar-refractivity contribution in [3.05, 3.63) is 29.0 Å². The average Bonchev–Trinajstić information content (AvgIpc) is 1.88. The summed E-state index contributed by atoms with van der Waals surface area (Å²) in [6, 6.07) is 3.32. The second kappa shape index (κ2) is 2.99. The number of rotatable bonds is 1. The zero-order chi connectivity index (χ0) is 7.56.